The summed E-state index contributed by atoms with van der Waals surface area (Å²) < 4.78 is 97.1. The predicted molar refractivity (Wildman–Crippen MR) is 138 cm³/mol. The first kappa shape index (κ1) is 28.2. The van der Waals surface area contributed by atoms with Crippen LogP contribution in [-0.4, -0.2) is 0 Å². The predicted octanol–water partition coefficient (Wildman–Crippen LogP) is 10.7. The third-order valence-electron chi connectivity index (χ3n) is 9.58. The second-order valence-electron chi connectivity index (χ2n) is 12.0. The van der Waals surface area contributed by atoms with Gasteiger partial charge >= 0.3 is 6.18 Å². The fourth-order valence-electron chi connectivity index (χ4n) is 7.26. The van der Waals surface area contributed by atoms with E-state index >= 15 is 8.78 Å². The molecule has 2 saturated carbocycles. The van der Waals surface area contributed by atoms with Gasteiger partial charge in [-0.3, -0.25) is 0 Å². The van der Waals surface area contributed by atoms with E-state index in [1.165, 1.54) is 12.1 Å². The van der Waals surface area contributed by atoms with Crippen molar-refractivity contribution < 1.29 is 30.7 Å². The van der Waals surface area contributed by atoms with Crippen LogP contribution in [0.1, 0.15) is 112 Å². The summed E-state index contributed by atoms with van der Waals surface area (Å²) in [5, 5.41) is 0. The van der Waals surface area contributed by atoms with Crippen molar-refractivity contribution in [1.29, 1.82) is 0 Å². The highest BCUT2D eigenvalue weighted by molar-refractivity contribution is 5.67. The number of benzene rings is 2. The third kappa shape index (κ3) is 6.07. The van der Waals surface area contributed by atoms with E-state index in [4.69, 9.17) is 0 Å². The zero-order valence-corrected chi connectivity index (χ0v) is 22.2. The first-order valence-corrected chi connectivity index (χ1v) is 14.3. The molecule has 0 heterocycles. The Morgan fingerprint density at radius 3 is 1.56 bits per heavy atom. The van der Waals surface area contributed by atoms with Gasteiger partial charge in [-0.2, -0.15) is 13.2 Å². The molecule has 0 spiro atoms. The van der Waals surface area contributed by atoms with E-state index in [-0.39, 0.29) is 23.0 Å². The molecule has 3 aliphatic rings. The second kappa shape index (κ2) is 11.3. The van der Waals surface area contributed by atoms with Crippen molar-refractivity contribution >= 4 is 5.57 Å². The van der Waals surface area contributed by atoms with Gasteiger partial charge in [-0.1, -0.05) is 25.8 Å². The molecular weight excluding hydrogens is 517 g/mol. The number of alkyl halides is 3. The highest BCUT2D eigenvalue weighted by Gasteiger charge is 2.39. The average Bonchev–Trinajstić information content (AvgIpc) is 2.88. The fourth-order valence-corrected chi connectivity index (χ4v) is 7.26. The van der Waals surface area contributed by atoms with Gasteiger partial charge in [-0.05, 0) is 128 Å². The van der Waals surface area contributed by atoms with Gasteiger partial charge < -0.3 is 0 Å². The maximum atomic E-state index is 15.1. The molecule has 1 unspecified atom stereocenters. The molecule has 0 nitrogen and oxygen atoms in total. The molecule has 0 saturated heterocycles. The molecule has 212 valence electrons. The molecule has 0 bridgehead atoms. The number of allylic oxidation sites excluding steroid dienone is 2. The Hall–Kier alpha value is -2.31. The van der Waals surface area contributed by atoms with Gasteiger partial charge in [0.25, 0.3) is 0 Å². The summed E-state index contributed by atoms with van der Waals surface area (Å²) in [5.41, 5.74) is 0.0145. The van der Waals surface area contributed by atoms with Gasteiger partial charge in [0.15, 0.2) is 0 Å². The zero-order chi connectivity index (χ0) is 27.9. The van der Waals surface area contributed by atoms with Crippen LogP contribution in [0.2, 0.25) is 0 Å². The molecule has 1 atom stereocenters. The first-order valence-electron chi connectivity index (χ1n) is 14.3. The molecule has 0 amide bonds. The van der Waals surface area contributed by atoms with Gasteiger partial charge in [0, 0.05) is 5.56 Å². The van der Waals surface area contributed by atoms with Crippen LogP contribution >= 0.6 is 0 Å². The lowest BCUT2D eigenvalue weighted by Crippen LogP contribution is -2.23. The lowest BCUT2D eigenvalue weighted by molar-refractivity contribution is -0.142. The average molecular weight is 553 g/mol. The van der Waals surface area contributed by atoms with Crippen molar-refractivity contribution in [3.8, 4) is 0 Å². The van der Waals surface area contributed by atoms with E-state index < -0.39 is 35.0 Å². The number of rotatable bonds is 4. The Labute approximate surface area is 225 Å². The minimum Gasteiger partial charge on any atom is -0.206 e. The summed E-state index contributed by atoms with van der Waals surface area (Å²) in [6, 6.07) is 4.71. The highest BCUT2D eigenvalue weighted by Crippen LogP contribution is 2.46. The monoisotopic (exact) mass is 552 g/mol. The molecule has 0 radical (unpaired) electrons. The van der Waals surface area contributed by atoms with Crippen LogP contribution < -0.4 is 0 Å². The third-order valence-corrected chi connectivity index (χ3v) is 9.58. The van der Waals surface area contributed by atoms with Crippen molar-refractivity contribution in [3.63, 3.8) is 0 Å². The van der Waals surface area contributed by atoms with Gasteiger partial charge in [0.05, 0.1) is 0 Å². The Bertz CT molecular complexity index is 1170. The molecule has 5 rings (SSSR count). The van der Waals surface area contributed by atoms with Gasteiger partial charge in [0.2, 0.25) is 0 Å². The van der Waals surface area contributed by atoms with Crippen molar-refractivity contribution in [3.05, 3.63) is 75.9 Å². The smallest absolute Gasteiger partial charge is 0.206 e. The Balaban J connectivity index is 1.20. The fraction of sp³-hybridized carbons (Fsp3) is 0.562. The minimum atomic E-state index is -5.07. The molecule has 0 aromatic heterocycles. The van der Waals surface area contributed by atoms with Crippen LogP contribution in [-0.2, 0) is 6.18 Å². The standard InChI is InChI=1S/C32H35F7/c1-18-2-4-21(5-3-18)24-14-26(33)30(27(34)15-24)23-12-10-20(11-13-23)19-6-8-22(9-7-19)25-16-28(35)31(29(36)17-25)32(37,38)39/h12,14-22H,2-11,13H2,1H3. The molecule has 2 aromatic rings. The van der Waals surface area contributed by atoms with E-state index in [9.17, 15) is 22.0 Å². The lowest BCUT2D eigenvalue weighted by Gasteiger charge is -2.36. The van der Waals surface area contributed by atoms with Gasteiger partial charge in [-0.15, -0.1) is 0 Å². The van der Waals surface area contributed by atoms with Crippen LogP contribution in [0, 0.1) is 41.0 Å². The summed E-state index contributed by atoms with van der Waals surface area (Å²) in [4.78, 5) is 0. The van der Waals surface area contributed by atoms with Crippen LogP contribution in [0.15, 0.2) is 30.3 Å². The molecule has 39 heavy (non-hydrogen) atoms. The quantitative estimate of drug-likeness (QED) is 0.331. The number of halogens is 7. The molecule has 0 aliphatic heterocycles. The van der Waals surface area contributed by atoms with Crippen molar-refractivity contribution in [1.82, 2.24) is 0 Å². The summed E-state index contributed by atoms with van der Waals surface area (Å²) in [5.74, 6) is -2.67. The summed E-state index contributed by atoms with van der Waals surface area (Å²) in [6.07, 6.45) is 6.02. The van der Waals surface area contributed by atoms with Crippen LogP contribution in [0.25, 0.3) is 5.57 Å². The van der Waals surface area contributed by atoms with Gasteiger partial charge in [0.1, 0.15) is 28.8 Å². The Morgan fingerprint density at radius 2 is 1.10 bits per heavy atom. The Kier molecular flexibility index (Phi) is 8.17. The summed E-state index contributed by atoms with van der Waals surface area (Å²) in [7, 11) is 0. The Morgan fingerprint density at radius 1 is 0.615 bits per heavy atom. The van der Waals surface area contributed by atoms with Crippen LogP contribution in [0.5, 0.6) is 0 Å². The SMILES string of the molecule is CC1CCC(c2cc(F)c(C3=CCC(C4CCC(c5cc(F)c(C(F)(F)F)c(F)c5)CC4)CC3)c(F)c2)CC1. The van der Waals surface area contributed by atoms with Crippen LogP contribution in [0.3, 0.4) is 0 Å². The van der Waals surface area contributed by atoms with Crippen molar-refractivity contribution in [2.45, 2.75) is 95.6 Å². The highest BCUT2D eigenvalue weighted by atomic mass is 19.4. The van der Waals surface area contributed by atoms with E-state index in [0.717, 1.165) is 74.6 Å². The number of hydrogen-bond donors (Lipinski definition) is 0. The van der Waals surface area contributed by atoms with Crippen LogP contribution in [0.4, 0.5) is 30.7 Å². The maximum Gasteiger partial charge on any atom is 0.422 e. The summed E-state index contributed by atoms with van der Waals surface area (Å²) >= 11 is 0. The molecule has 7 heteroatoms. The number of hydrogen-bond acceptors (Lipinski definition) is 0. The van der Waals surface area contributed by atoms with E-state index in [2.05, 4.69) is 6.92 Å². The maximum absolute atomic E-state index is 15.1. The lowest BCUT2D eigenvalue weighted by atomic mass is 9.70. The molecule has 0 N–H and O–H groups in total. The molecule has 2 aromatic carbocycles. The van der Waals surface area contributed by atoms with Crippen molar-refractivity contribution in [2.24, 2.45) is 17.8 Å². The normalized spacial score (nSPS) is 28.3. The molecule has 3 aliphatic carbocycles. The zero-order valence-electron chi connectivity index (χ0n) is 22.2. The molecule has 2 fully saturated rings. The van der Waals surface area contributed by atoms with E-state index in [1.54, 1.807) is 0 Å². The summed E-state index contributed by atoms with van der Waals surface area (Å²) in [6.45, 7) is 2.22. The first-order chi connectivity index (χ1) is 18.5. The molecular formula is C32H35F7. The van der Waals surface area contributed by atoms with E-state index in [0.29, 0.717) is 37.0 Å². The topological polar surface area (TPSA) is 0 Å². The minimum absolute atomic E-state index is 0.0939. The van der Waals surface area contributed by atoms with Gasteiger partial charge in [-0.25, -0.2) is 17.6 Å². The largest absolute Gasteiger partial charge is 0.422 e. The van der Waals surface area contributed by atoms with Crippen molar-refractivity contribution in [2.75, 3.05) is 0 Å². The van der Waals surface area contributed by atoms with E-state index in [1.807, 2.05) is 6.08 Å². The second-order valence-corrected chi connectivity index (χ2v) is 12.0.